The maximum atomic E-state index is 13.5. The number of anilines is 1. The van der Waals surface area contributed by atoms with Gasteiger partial charge in [0.1, 0.15) is 11.5 Å². The van der Waals surface area contributed by atoms with Crippen LogP contribution in [0.15, 0.2) is 32.1 Å². The van der Waals surface area contributed by atoms with E-state index in [1.54, 1.807) is 24.0 Å². The molecule has 2 aliphatic rings. The number of fused-ring (bicyclic) bond motifs is 1. The number of carbonyl (C=O) groups excluding carboxylic acids is 1. The summed E-state index contributed by atoms with van der Waals surface area (Å²) in [6.07, 6.45) is 2.58. The van der Waals surface area contributed by atoms with Crippen LogP contribution in [0.1, 0.15) is 49.2 Å². The summed E-state index contributed by atoms with van der Waals surface area (Å²) in [7, 11) is -3.77. The maximum absolute atomic E-state index is 13.5. The van der Waals surface area contributed by atoms with Gasteiger partial charge in [-0.15, -0.1) is 0 Å². The number of rotatable bonds is 4. The summed E-state index contributed by atoms with van der Waals surface area (Å²) in [5.74, 6) is 0.660. The summed E-state index contributed by atoms with van der Waals surface area (Å²) in [4.78, 5) is 14.1. The van der Waals surface area contributed by atoms with Crippen molar-refractivity contribution in [1.29, 1.82) is 0 Å². The van der Waals surface area contributed by atoms with Gasteiger partial charge in [0.25, 0.3) is 0 Å². The van der Waals surface area contributed by atoms with Gasteiger partial charge in [0.2, 0.25) is 15.9 Å². The fourth-order valence-corrected chi connectivity index (χ4v) is 6.77. The molecule has 2 aromatic rings. The van der Waals surface area contributed by atoms with Gasteiger partial charge in [-0.2, -0.15) is 4.31 Å². The predicted molar refractivity (Wildman–Crippen MR) is 108 cm³/mol. The fourth-order valence-electron chi connectivity index (χ4n) is 4.03. The monoisotopic (exact) mass is 467 g/mol. The molecule has 0 bridgehead atoms. The van der Waals surface area contributed by atoms with E-state index in [-0.39, 0.29) is 16.8 Å². The molecule has 0 unspecified atom stereocenters. The van der Waals surface area contributed by atoms with Crippen LogP contribution in [-0.2, 0) is 21.2 Å². The molecule has 0 spiro atoms. The average Bonchev–Trinajstić information content (AvgIpc) is 3.38. The van der Waals surface area contributed by atoms with Crippen LogP contribution in [0.5, 0.6) is 0 Å². The second-order valence-electron chi connectivity index (χ2n) is 7.20. The Hall–Kier alpha value is -1.71. The number of hydrogen-bond acceptors (Lipinski definition) is 5. The first-order valence-corrected chi connectivity index (χ1v) is 11.6. The number of amides is 1. The quantitative estimate of drug-likeness (QED) is 0.685. The predicted octanol–water partition coefficient (Wildman–Crippen LogP) is 3.57. The van der Waals surface area contributed by atoms with Crippen molar-refractivity contribution in [2.45, 2.75) is 50.5 Å². The van der Waals surface area contributed by atoms with E-state index in [9.17, 15) is 13.2 Å². The topological polar surface area (TPSA) is 83.7 Å². The molecule has 2 aliphatic heterocycles. The molecular formula is C19H22BrN3O4S. The Morgan fingerprint density at radius 3 is 2.79 bits per heavy atom. The molecular weight excluding hydrogens is 446 g/mol. The van der Waals surface area contributed by atoms with Crippen molar-refractivity contribution >= 4 is 37.5 Å². The highest BCUT2D eigenvalue weighted by molar-refractivity contribution is 9.10. The van der Waals surface area contributed by atoms with E-state index in [0.29, 0.717) is 47.5 Å². The number of carbonyl (C=O) groups is 1. The van der Waals surface area contributed by atoms with Gasteiger partial charge < -0.3 is 9.42 Å². The first-order valence-electron chi connectivity index (χ1n) is 9.40. The van der Waals surface area contributed by atoms with Gasteiger partial charge in [-0.25, -0.2) is 8.42 Å². The molecule has 4 rings (SSSR count). The van der Waals surface area contributed by atoms with E-state index < -0.39 is 10.0 Å². The van der Waals surface area contributed by atoms with Gasteiger partial charge in [-0.1, -0.05) is 12.1 Å². The first kappa shape index (κ1) is 19.6. The molecule has 1 aromatic carbocycles. The Morgan fingerprint density at radius 2 is 2.11 bits per heavy atom. The largest absolute Gasteiger partial charge is 0.361 e. The third-order valence-corrected chi connectivity index (χ3v) is 8.28. The minimum Gasteiger partial charge on any atom is -0.361 e. The summed E-state index contributed by atoms with van der Waals surface area (Å²) < 4.78 is 34.2. The van der Waals surface area contributed by atoms with Crippen LogP contribution in [0.2, 0.25) is 0 Å². The lowest BCUT2D eigenvalue weighted by Gasteiger charge is -2.24. The lowest BCUT2D eigenvalue weighted by atomic mass is 10.1. The van der Waals surface area contributed by atoms with E-state index in [2.05, 4.69) is 21.1 Å². The number of hydrogen-bond donors (Lipinski definition) is 0. The minimum absolute atomic E-state index is 0.00143. The molecule has 3 heterocycles. The molecule has 1 aromatic heterocycles. The Balaban J connectivity index is 1.74. The lowest BCUT2D eigenvalue weighted by Crippen LogP contribution is -2.31. The van der Waals surface area contributed by atoms with Crippen LogP contribution in [0.25, 0.3) is 0 Å². The zero-order valence-electron chi connectivity index (χ0n) is 15.8. The standard InChI is InChI=1S/C19H22BrN3O4S/c1-3-19(24)22-8-6-13-10-14(20)18(11-17(13)22)28(25,26)23-7-4-5-16(23)15-9-12(2)27-21-15/h9-11,16H,3-8H2,1-2H3/t16-/m1/s1. The zero-order valence-corrected chi connectivity index (χ0v) is 18.2. The van der Waals surface area contributed by atoms with Crippen molar-refractivity contribution in [3.05, 3.63) is 39.7 Å². The second-order valence-corrected chi connectivity index (χ2v) is 9.91. The van der Waals surface area contributed by atoms with Gasteiger partial charge in [-0.05, 0) is 59.8 Å². The molecule has 1 amide bonds. The van der Waals surface area contributed by atoms with Crippen LogP contribution in [0.4, 0.5) is 5.69 Å². The highest BCUT2D eigenvalue weighted by Gasteiger charge is 2.39. The Kier molecular flexibility index (Phi) is 5.09. The summed E-state index contributed by atoms with van der Waals surface area (Å²) in [5, 5.41) is 4.04. The molecule has 28 heavy (non-hydrogen) atoms. The van der Waals surface area contributed by atoms with E-state index in [4.69, 9.17) is 4.52 Å². The van der Waals surface area contributed by atoms with Crippen molar-refractivity contribution in [2.24, 2.45) is 0 Å². The molecule has 9 heteroatoms. The number of sulfonamides is 1. The molecule has 1 saturated heterocycles. The number of aromatic nitrogens is 1. The van der Waals surface area contributed by atoms with Gasteiger partial charge in [0, 0.05) is 35.7 Å². The van der Waals surface area contributed by atoms with Crippen molar-refractivity contribution in [3.63, 3.8) is 0 Å². The van der Waals surface area contributed by atoms with Crippen LogP contribution in [0.3, 0.4) is 0 Å². The first-order chi connectivity index (χ1) is 13.3. The van der Waals surface area contributed by atoms with E-state index >= 15 is 0 Å². The van der Waals surface area contributed by atoms with Crippen LogP contribution >= 0.6 is 15.9 Å². The molecule has 1 fully saturated rings. The molecule has 1 atom stereocenters. The molecule has 0 aliphatic carbocycles. The summed E-state index contributed by atoms with van der Waals surface area (Å²) >= 11 is 3.44. The number of nitrogens with zero attached hydrogens (tertiary/aromatic N) is 3. The van der Waals surface area contributed by atoms with Crippen molar-refractivity contribution in [1.82, 2.24) is 9.46 Å². The molecule has 0 saturated carbocycles. The molecule has 150 valence electrons. The smallest absolute Gasteiger partial charge is 0.244 e. The van der Waals surface area contributed by atoms with E-state index in [1.165, 1.54) is 4.31 Å². The van der Waals surface area contributed by atoms with Crippen molar-refractivity contribution in [3.8, 4) is 0 Å². The van der Waals surface area contributed by atoms with Gasteiger partial charge in [-0.3, -0.25) is 4.79 Å². The van der Waals surface area contributed by atoms with Crippen LogP contribution in [0, 0.1) is 6.92 Å². The van der Waals surface area contributed by atoms with Gasteiger partial charge in [0.15, 0.2) is 0 Å². The average molecular weight is 468 g/mol. The number of aryl methyl sites for hydroxylation is 1. The third-order valence-electron chi connectivity index (χ3n) is 5.41. The Labute approximate surface area is 172 Å². The summed E-state index contributed by atoms with van der Waals surface area (Å²) in [6.45, 7) is 4.62. The highest BCUT2D eigenvalue weighted by atomic mass is 79.9. The SMILES string of the molecule is CCC(=O)N1CCc2cc(Br)c(S(=O)(=O)N3CCC[C@@H]3c3cc(C)on3)cc21. The summed E-state index contributed by atoms with van der Waals surface area (Å²) in [5.41, 5.74) is 2.32. The molecule has 0 N–H and O–H groups in total. The Morgan fingerprint density at radius 1 is 1.32 bits per heavy atom. The van der Waals surface area contributed by atoms with E-state index in [1.807, 2.05) is 13.0 Å². The number of halogens is 1. The van der Waals surface area contributed by atoms with E-state index in [0.717, 1.165) is 18.4 Å². The number of benzene rings is 1. The van der Waals surface area contributed by atoms with Crippen molar-refractivity contribution < 1.29 is 17.7 Å². The minimum atomic E-state index is -3.77. The molecule has 0 radical (unpaired) electrons. The normalized spacial score (nSPS) is 20.0. The van der Waals surface area contributed by atoms with Crippen LogP contribution < -0.4 is 4.90 Å². The van der Waals surface area contributed by atoms with Gasteiger partial charge in [0.05, 0.1) is 10.9 Å². The molecule has 7 nitrogen and oxygen atoms in total. The maximum Gasteiger partial charge on any atom is 0.244 e. The third kappa shape index (κ3) is 3.19. The lowest BCUT2D eigenvalue weighted by molar-refractivity contribution is -0.118. The van der Waals surface area contributed by atoms with Crippen molar-refractivity contribution in [2.75, 3.05) is 18.0 Å². The highest BCUT2D eigenvalue weighted by Crippen LogP contribution is 2.41. The second kappa shape index (κ2) is 7.27. The summed E-state index contributed by atoms with van der Waals surface area (Å²) in [6, 6.07) is 4.92. The Bertz CT molecular complexity index is 1030. The fraction of sp³-hybridized carbons (Fsp3) is 0.474. The zero-order chi connectivity index (χ0) is 20.1. The van der Waals surface area contributed by atoms with Crippen LogP contribution in [-0.4, -0.2) is 36.9 Å². The van der Waals surface area contributed by atoms with Gasteiger partial charge >= 0.3 is 0 Å².